The van der Waals surface area contributed by atoms with E-state index in [2.05, 4.69) is 15.0 Å². The Kier molecular flexibility index (Phi) is 5.30. The second-order valence-corrected chi connectivity index (χ2v) is 11.6. The number of rotatable bonds is 5. The van der Waals surface area contributed by atoms with Gasteiger partial charge >= 0.3 is 0 Å². The van der Waals surface area contributed by atoms with Crippen LogP contribution in [0.2, 0.25) is 5.02 Å². The lowest BCUT2D eigenvalue weighted by molar-refractivity contribution is 0.0948. The molecule has 0 fully saturated rings. The number of fused-ring (bicyclic) bond motifs is 1. The summed E-state index contributed by atoms with van der Waals surface area (Å²) in [7, 11) is -7.11. The summed E-state index contributed by atoms with van der Waals surface area (Å²) in [6.45, 7) is 0. The highest BCUT2D eigenvalue weighted by molar-refractivity contribution is 7.94. The van der Waals surface area contributed by atoms with Crippen LogP contribution in [0.3, 0.4) is 0 Å². The van der Waals surface area contributed by atoms with E-state index in [9.17, 15) is 21.6 Å². The standard InChI is InChI=1S/C18H14ClN3O5S3/c19-12-2-4-14(5-3-12)30(26,27)22-18-21-15-6-1-11(9-16(15)28-18)17(23)20-13-7-8-29(24,25)10-13/h1-9,13H,10H2,(H,20,23)(H,21,22). The Labute approximate surface area is 181 Å². The summed E-state index contributed by atoms with van der Waals surface area (Å²) in [6.07, 6.45) is 1.43. The van der Waals surface area contributed by atoms with E-state index in [4.69, 9.17) is 11.6 Å². The molecule has 30 heavy (non-hydrogen) atoms. The molecule has 0 saturated heterocycles. The number of sulfonamides is 1. The third kappa shape index (κ3) is 4.48. The van der Waals surface area contributed by atoms with Gasteiger partial charge < -0.3 is 5.32 Å². The zero-order valence-corrected chi connectivity index (χ0v) is 18.3. The Morgan fingerprint density at radius 3 is 2.57 bits per heavy atom. The van der Waals surface area contributed by atoms with E-state index >= 15 is 0 Å². The smallest absolute Gasteiger partial charge is 0.263 e. The van der Waals surface area contributed by atoms with E-state index in [1.165, 1.54) is 30.3 Å². The second-order valence-electron chi connectivity index (χ2n) is 6.50. The van der Waals surface area contributed by atoms with Gasteiger partial charge in [0.1, 0.15) is 0 Å². The van der Waals surface area contributed by atoms with E-state index in [0.717, 1.165) is 16.7 Å². The third-order valence-electron chi connectivity index (χ3n) is 4.24. The summed E-state index contributed by atoms with van der Waals surface area (Å²) in [5.74, 6) is -0.599. The summed E-state index contributed by atoms with van der Waals surface area (Å²) in [5, 5.41) is 4.31. The van der Waals surface area contributed by atoms with Crippen molar-refractivity contribution in [3.8, 4) is 0 Å². The van der Waals surface area contributed by atoms with Crippen molar-refractivity contribution in [3.05, 3.63) is 64.5 Å². The van der Waals surface area contributed by atoms with Gasteiger partial charge in [0.15, 0.2) is 15.0 Å². The van der Waals surface area contributed by atoms with Crippen LogP contribution >= 0.6 is 22.9 Å². The van der Waals surface area contributed by atoms with Crippen LogP contribution in [0.1, 0.15) is 10.4 Å². The first-order valence-corrected chi connectivity index (χ1v) is 12.9. The van der Waals surface area contributed by atoms with Gasteiger partial charge in [-0.05, 0) is 48.5 Å². The number of sulfone groups is 1. The minimum atomic E-state index is -3.84. The maximum absolute atomic E-state index is 12.5. The highest BCUT2D eigenvalue weighted by Crippen LogP contribution is 2.29. The Morgan fingerprint density at radius 2 is 1.90 bits per heavy atom. The van der Waals surface area contributed by atoms with Gasteiger partial charge in [-0.3, -0.25) is 9.52 Å². The molecular formula is C18H14ClN3O5S3. The van der Waals surface area contributed by atoms with E-state index in [1.807, 2.05) is 0 Å². The Hall–Kier alpha value is -2.47. The SMILES string of the molecule is O=C(NC1C=CS(=O)(=O)C1)c1ccc2nc(NS(=O)(=O)c3ccc(Cl)cc3)sc2c1. The monoisotopic (exact) mass is 483 g/mol. The zero-order chi connectivity index (χ0) is 21.5. The molecule has 1 unspecified atom stereocenters. The van der Waals surface area contributed by atoms with Crippen molar-refractivity contribution < 1.29 is 21.6 Å². The van der Waals surface area contributed by atoms with Crippen LogP contribution in [0.15, 0.2) is 58.8 Å². The molecule has 0 radical (unpaired) electrons. The molecule has 12 heteroatoms. The molecule has 1 atom stereocenters. The van der Waals surface area contributed by atoms with Crippen LogP contribution in [-0.4, -0.2) is 39.5 Å². The van der Waals surface area contributed by atoms with Gasteiger partial charge in [-0.15, -0.1) is 0 Å². The van der Waals surface area contributed by atoms with Gasteiger partial charge in [0.05, 0.1) is 26.9 Å². The van der Waals surface area contributed by atoms with Gasteiger partial charge in [0.25, 0.3) is 15.9 Å². The lowest BCUT2D eigenvalue weighted by Gasteiger charge is -2.09. The highest BCUT2D eigenvalue weighted by Gasteiger charge is 2.24. The Morgan fingerprint density at radius 1 is 1.17 bits per heavy atom. The fourth-order valence-electron chi connectivity index (χ4n) is 2.81. The van der Waals surface area contributed by atoms with Gasteiger partial charge in [0.2, 0.25) is 0 Å². The average molecular weight is 484 g/mol. The topological polar surface area (TPSA) is 122 Å². The maximum Gasteiger partial charge on any atom is 0.263 e. The first kappa shape index (κ1) is 20.8. The van der Waals surface area contributed by atoms with Crippen molar-refractivity contribution in [2.24, 2.45) is 0 Å². The van der Waals surface area contributed by atoms with Gasteiger partial charge in [0, 0.05) is 16.0 Å². The van der Waals surface area contributed by atoms with Crippen molar-refractivity contribution in [3.63, 3.8) is 0 Å². The third-order valence-corrected chi connectivity index (χ3v) is 8.31. The number of nitrogens with one attached hydrogen (secondary N) is 2. The summed E-state index contributed by atoms with van der Waals surface area (Å²) in [6, 6.07) is 9.87. The molecule has 156 valence electrons. The van der Waals surface area contributed by atoms with Crippen LogP contribution in [0, 0.1) is 0 Å². The first-order chi connectivity index (χ1) is 14.1. The molecule has 0 bridgehead atoms. The molecule has 0 spiro atoms. The van der Waals surface area contributed by atoms with E-state index in [0.29, 0.717) is 20.8 Å². The molecule has 1 aliphatic heterocycles. The number of aromatic nitrogens is 1. The van der Waals surface area contributed by atoms with Gasteiger partial charge in [-0.2, -0.15) is 0 Å². The largest absolute Gasteiger partial charge is 0.345 e. The average Bonchev–Trinajstić information content (AvgIpc) is 3.22. The summed E-state index contributed by atoms with van der Waals surface area (Å²) in [5.41, 5.74) is 0.838. The summed E-state index contributed by atoms with van der Waals surface area (Å²) >= 11 is 6.87. The van der Waals surface area contributed by atoms with E-state index < -0.39 is 31.8 Å². The summed E-state index contributed by atoms with van der Waals surface area (Å²) in [4.78, 5) is 16.7. The van der Waals surface area contributed by atoms with Crippen molar-refractivity contribution in [1.29, 1.82) is 0 Å². The predicted octanol–water partition coefficient (Wildman–Crippen LogP) is 2.79. The quantitative estimate of drug-likeness (QED) is 0.575. The van der Waals surface area contributed by atoms with Gasteiger partial charge in [-0.1, -0.05) is 22.9 Å². The molecule has 1 amide bonds. The normalized spacial score (nSPS) is 17.8. The molecule has 1 aliphatic rings. The maximum atomic E-state index is 12.5. The number of carbonyl (C=O) groups excluding carboxylic acids is 1. The fourth-order valence-corrected chi connectivity index (χ4v) is 6.32. The van der Waals surface area contributed by atoms with Crippen molar-refractivity contribution in [2.45, 2.75) is 10.9 Å². The number of anilines is 1. The van der Waals surface area contributed by atoms with Crippen molar-refractivity contribution in [1.82, 2.24) is 10.3 Å². The minimum absolute atomic E-state index is 0.0470. The Bertz CT molecular complexity index is 1380. The predicted molar refractivity (Wildman–Crippen MR) is 116 cm³/mol. The molecule has 8 nitrogen and oxygen atoms in total. The lowest BCUT2D eigenvalue weighted by Crippen LogP contribution is -2.35. The number of amides is 1. The van der Waals surface area contributed by atoms with Crippen LogP contribution in [-0.2, 0) is 19.9 Å². The second kappa shape index (κ2) is 7.65. The van der Waals surface area contributed by atoms with Crippen molar-refractivity contribution >= 4 is 64.1 Å². The van der Waals surface area contributed by atoms with Crippen LogP contribution in [0.4, 0.5) is 5.13 Å². The molecule has 0 aliphatic carbocycles. The zero-order valence-electron chi connectivity index (χ0n) is 15.1. The molecule has 2 aromatic carbocycles. The molecule has 2 N–H and O–H groups in total. The lowest BCUT2D eigenvalue weighted by atomic mass is 10.2. The summed E-state index contributed by atoms with van der Waals surface area (Å²) < 4.78 is 51.0. The van der Waals surface area contributed by atoms with E-state index in [1.54, 1.807) is 18.2 Å². The molecule has 1 aromatic heterocycles. The molecular weight excluding hydrogens is 470 g/mol. The van der Waals surface area contributed by atoms with Crippen LogP contribution in [0.5, 0.6) is 0 Å². The number of nitrogens with zero attached hydrogens (tertiary/aromatic N) is 1. The molecule has 3 aromatic rings. The number of hydrogen-bond acceptors (Lipinski definition) is 7. The minimum Gasteiger partial charge on any atom is -0.345 e. The van der Waals surface area contributed by atoms with E-state index in [-0.39, 0.29) is 15.8 Å². The van der Waals surface area contributed by atoms with Crippen LogP contribution in [0.25, 0.3) is 10.2 Å². The number of thiazole rings is 1. The molecule has 2 heterocycles. The highest BCUT2D eigenvalue weighted by atomic mass is 35.5. The fraction of sp³-hybridized carbons (Fsp3) is 0.111. The Balaban J connectivity index is 1.53. The first-order valence-electron chi connectivity index (χ1n) is 8.52. The number of halogens is 1. The van der Waals surface area contributed by atoms with Crippen molar-refractivity contribution in [2.75, 3.05) is 10.5 Å². The number of benzene rings is 2. The van der Waals surface area contributed by atoms with Crippen LogP contribution < -0.4 is 10.0 Å². The molecule has 4 rings (SSSR count). The molecule has 0 saturated carbocycles. The number of carbonyl (C=O) groups is 1. The van der Waals surface area contributed by atoms with Gasteiger partial charge in [-0.25, -0.2) is 21.8 Å². The number of hydrogen-bond donors (Lipinski definition) is 2.